The summed E-state index contributed by atoms with van der Waals surface area (Å²) in [6.07, 6.45) is 1.42. The molecule has 7 nitrogen and oxygen atoms in total. The summed E-state index contributed by atoms with van der Waals surface area (Å²) in [6, 6.07) is 5.46. The molecule has 1 aromatic carbocycles. The first-order valence-electron chi connectivity index (χ1n) is 8.03. The van der Waals surface area contributed by atoms with Crippen LogP contribution in [-0.2, 0) is 11.2 Å². The van der Waals surface area contributed by atoms with Crippen LogP contribution in [-0.4, -0.2) is 29.2 Å². The lowest BCUT2D eigenvalue weighted by molar-refractivity contribution is -0.120. The van der Waals surface area contributed by atoms with Gasteiger partial charge in [-0.2, -0.15) is 5.10 Å². The topological polar surface area (TPSA) is 96.4 Å². The molecule has 0 fully saturated rings. The van der Waals surface area contributed by atoms with Crippen LogP contribution in [0.25, 0.3) is 10.2 Å². The van der Waals surface area contributed by atoms with Gasteiger partial charge in [0.1, 0.15) is 16.4 Å². The molecular weight excluding hydrogens is 432 g/mol. The Morgan fingerprint density at radius 1 is 1.44 bits per heavy atom. The second-order valence-electron chi connectivity index (χ2n) is 5.83. The number of carbonyl (C=O) groups excluding carboxylic acids is 1. The summed E-state index contributed by atoms with van der Waals surface area (Å²) >= 11 is 4.82. The summed E-state index contributed by atoms with van der Waals surface area (Å²) in [6.45, 7) is 3.83. The quantitative estimate of drug-likeness (QED) is 0.462. The van der Waals surface area contributed by atoms with E-state index in [-0.39, 0.29) is 17.9 Å². The van der Waals surface area contributed by atoms with Gasteiger partial charge < -0.3 is 9.72 Å². The third-order valence-electron chi connectivity index (χ3n) is 4.00. The van der Waals surface area contributed by atoms with Crippen LogP contribution in [0.3, 0.4) is 0 Å². The van der Waals surface area contributed by atoms with Gasteiger partial charge >= 0.3 is 0 Å². The van der Waals surface area contributed by atoms with Crippen molar-refractivity contribution in [3.63, 3.8) is 0 Å². The van der Waals surface area contributed by atoms with Crippen molar-refractivity contribution in [3.05, 3.63) is 54.9 Å². The van der Waals surface area contributed by atoms with Gasteiger partial charge in [0.2, 0.25) is 5.91 Å². The third kappa shape index (κ3) is 4.25. The van der Waals surface area contributed by atoms with Crippen molar-refractivity contribution in [1.82, 2.24) is 15.4 Å². The molecular formula is C18H17BrN4O3S. The zero-order valence-electron chi connectivity index (χ0n) is 14.9. The molecule has 0 aliphatic heterocycles. The number of aryl methyl sites for hydroxylation is 2. The molecule has 0 aliphatic carbocycles. The second-order valence-corrected chi connectivity index (χ2v) is 7.95. The minimum absolute atomic E-state index is 0.0753. The minimum Gasteiger partial charge on any atom is -0.496 e. The molecule has 0 spiro atoms. The predicted octanol–water partition coefficient (Wildman–Crippen LogP) is 3.07. The van der Waals surface area contributed by atoms with Gasteiger partial charge in [-0.15, -0.1) is 11.3 Å². The summed E-state index contributed by atoms with van der Waals surface area (Å²) in [5.41, 5.74) is 3.84. The van der Waals surface area contributed by atoms with Gasteiger partial charge in [-0.3, -0.25) is 9.59 Å². The zero-order valence-corrected chi connectivity index (χ0v) is 17.3. The molecule has 0 radical (unpaired) electrons. The lowest BCUT2D eigenvalue weighted by Crippen LogP contribution is -2.23. The first-order chi connectivity index (χ1) is 12.9. The SMILES string of the molecule is COc1ccc(Br)cc1/C=N/NC(=O)Cc1nc2sc(C)c(C)c2c(=O)[nH]1. The molecule has 27 heavy (non-hydrogen) atoms. The van der Waals surface area contributed by atoms with Gasteiger partial charge in [-0.1, -0.05) is 15.9 Å². The maximum atomic E-state index is 12.2. The highest BCUT2D eigenvalue weighted by atomic mass is 79.9. The first kappa shape index (κ1) is 19.2. The molecule has 1 amide bonds. The number of fused-ring (bicyclic) bond motifs is 1. The van der Waals surface area contributed by atoms with Crippen LogP contribution in [0.15, 0.2) is 32.6 Å². The van der Waals surface area contributed by atoms with E-state index in [1.165, 1.54) is 17.6 Å². The van der Waals surface area contributed by atoms with E-state index >= 15 is 0 Å². The van der Waals surface area contributed by atoms with E-state index in [0.29, 0.717) is 27.4 Å². The summed E-state index contributed by atoms with van der Waals surface area (Å²) < 4.78 is 6.11. The normalized spacial score (nSPS) is 11.3. The van der Waals surface area contributed by atoms with Gasteiger partial charge in [0.05, 0.1) is 25.1 Å². The van der Waals surface area contributed by atoms with Crippen molar-refractivity contribution < 1.29 is 9.53 Å². The van der Waals surface area contributed by atoms with E-state index in [4.69, 9.17) is 4.74 Å². The summed E-state index contributed by atoms with van der Waals surface area (Å²) in [5.74, 6) is 0.560. The number of methoxy groups -OCH3 is 1. The van der Waals surface area contributed by atoms with Crippen LogP contribution < -0.4 is 15.7 Å². The van der Waals surface area contributed by atoms with Gasteiger partial charge in [0, 0.05) is 14.9 Å². The monoisotopic (exact) mass is 448 g/mol. The number of hydrazone groups is 1. The highest BCUT2D eigenvalue weighted by molar-refractivity contribution is 9.10. The molecule has 2 aromatic heterocycles. The molecule has 9 heteroatoms. The molecule has 0 aliphatic rings. The zero-order chi connectivity index (χ0) is 19.6. The lowest BCUT2D eigenvalue weighted by atomic mass is 10.2. The standard InChI is InChI=1S/C18H17BrN4O3S/c1-9-10(2)27-18-16(9)17(25)21-14(22-18)7-15(24)23-20-8-11-6-12(19)4-5-13(11)26-3/h4-6,8H,7H2,1-3H3,(H,23,24)(H,21,22,25)/b20-8+. The van der Waals surface area contributed by atoms with Crippen molar-refractivity contribution in [2.24, 2.45) is 5.10 Å². The fraction of sp³-hybridized carbons (Fsp3) is 0.222. The molecule has 2 N–H and O–H groups in total. The molecule has 140 valence electrons. The van der Waals surface area contributed by atoms with E-state index in [1.807, 2.05) is 26.0 Å². The average Bonchev–Trinajstić information content (AvgIpc) is 2.89. The van der Waals surface area contributed by atoms with E-state index in [0.717, 1.165) is 14.9 Å². The number of H-pyrrole nitrogens is 1. The number of hydrogen-bond donors (Lipinski definition) is 2. The van der Waals surface area contributed by atoms with Crippen molar-refractivity contribution in [1.29, 1.82) is 0 Å². The number of carbonyl (C=O) groups is 1. The number of thiophene rings is 1. The van der Waals surface area contributed by atoms with Gasteiger partial charge in [0.25, 0.3) is 5.56 Å². The average molecular weight is 449 g/mol. The Morgan fingerprint density at radius 3 is 2.96 bits per heavy atom. The van der Waals surface area contributed by atoms with Crippen LogP contribution in [0.4, 0.5) is 0 Å². The Labute approximate surface area is 167 Å². The molecule has 3 aromatic rings. The molecule has 0 saturated heterocycles. The fourth-order valence-electron chi connectivity index (χ4n) is 2.55. The van der Waals surface area contributed by atoms with E-state index in [9.17, 15) is 9.59 Å². The summed E-state index contributed by atoms with van der Waals surface area (Å²) in [5, 5.41) is 4.53. The Morgan fingerprint density at radius 2 is 2.22 bits per heavy atom. The Balaban J connectivity index is 1.72. The number of nitrogens with zero attached hydrogens (tertiary/aromatic N) is 2. The summed E-state index contributed by atoms with van der Waals surface area (Å²) in [4.78, 5) is 33.1. The molecule has 0 saturated carbocycles. The largest absolute Gasteiger partial charge is 0.496 e. The summed E-state index contributed by atoms with van der Waals surface area (Å²) in [7, 11) is 1.56. The number of ether oxygens (including phenoxy) is 1. The Hall–Kier alpha value is -2.52. The predicted molar refractivity (Wildman–Crippen MR) is 110 cm³/mol. The van der Waals surface area contributed by atoms with Crippen molar-refractivity contribution in [2.75, 3.05) is 7.11 Å². The number of nitrogens with one attached hydrogen (secondary N) is 2. The van der Waals surface area contributed by atoms with Crippen LogP contribution in [0.2, 0.25) is 0 Å². The number of aromatic nitrogens is 2. The van der Waals surface area contributed by atoms with Crippen LogP contribution in [0, 0.1) is 13.8 Å². The number of aromatic amines is 1. The van der Waals surface area contributed by atoms with E-state index < -0.39 is 0 Å². The number of halogens is 1. The Kier molecular flexibility index (Phi) is 5.71. The van der Waals surface area contributed by atoms with Gasteiger partial charge in [-0.05, 0) is 37.6 Å². The second kappa shape index (κ2) is 8.01. The molecule has 0 bridgehead atoms. The van der Waals surface area contributed by atoms with Crippen LogP contribution >= 0.6 is 27.3 Å². The highest BCUT2D eigenvalue weighted by Gasteiger charge is 2.13. The lowest BCUT2D eigenvalue weighted by Gasteiger charge is -2.04. The van der Waals surface area contributed by atoms with E-state index in [2.05, 4.69) is 36.4 Å². The smallest absolute Gasteiger partial charge is 0.259 e. The molecule has 0 atom stereocenters. The molecule has 2 heterocycles. The van der Waals surface area contributed by atoms with Crippen molar-refractivity contribution in [2.45, 2.75) is 20.3 Å². The highest BCUT2D eigenvalue weighted by Crippen LogP contribution is 2.25. The minimum atomic E-state index is -0.382. The van der Waals surface area contributed by atoms with Gasteiger partial charge in [-0.25, -0.2) is 10.4 Å². The number of hydrogen-bond acceptors (Lipinski definition) is 6. The van der Waals surface area contributed by atoms with Crippen LogP contribution in [0.5, 0.6) is 5.75 Å². The van der Waals surface area contributed by atoms with E-state index in [1.54, 1.807) is 13.2 Å². The fourth-order valence-corrected chi connectivity index (χ4v) is 3.98. The van der Waals surface area contributed by atoms with Gasteiger partial charge in [0.15, 0.2) is 0 Å². The van der Waals surface area contributed by atoms with Crippen molar-refractivity contribution in [3.8, 4) is 5.75 Å². The molecule has 3 rings (SSSR count). The Bertz CT molecular complexity index is 1100. The number of rotatable bonds is 5. The number of amides is 1. The molecule has 0 unspecified atom stereocenters. The number of benzene rings is 1. The first-order valence-corrected chi connectivity index (χ1v) is 9.64. The van der Waals surface area contributed by atoms with Crippen molar-refractivity contribution >= 4 is 49.6 Å². The maximum absolute atomic E-state index is 12.2. The maximum Gasteiger partial charge on any atom is 0.259 e. The third-order valence-corrected chi connectivity index (χ3v) is 5.60. The van der Waals surface area contributed by atoms with Crippen LogP contribution in [0.1, 0.15) is 21.8 Å².